The van der Waals surface area contributed by atoms with Gasteiger partial charge in [0, 0.05) is 22.7 Å². The molecule has 3 amide bonds. The average molecular weight is 470 g/mol. The Morgan fingerprint density at radius 3 is 1.79 bits per heavy atom. The number of hydrogen-bond acceptors (Lipinski definition) is 6. The molecule has 0 saturated heterocycles. The smallest absolute Gasteiger partial charge is 0.269 e. The SMILES string of the molecule is CCOc1cc(C(=O)NNC(=O)c2ccc(NC(=O)C3CC3C)cc2)cc(OCC)c1OCC. The van der Waals surface area contributed by atoms with Crippen molar-refractivity contribution in [1.82, 2.24) is 10.9 Å². The van der Waals surface area contributed by atoms with Crippen LogP contribution in [0, 0.1) is 11.8 Å². The van der Waals surface area contributed by atoms with Crippen molar-refractivity contribution in [2.45, 2.75) is 34.1 Å². The highest BCUT2D eigenvalue weighted by molar-refractivity contribution is 6.00. The van der Waals surface area contributed by atoms with Crippen LogP contribution < -0.4 is 30.4 Å². The van der Waals surface area contributed by atoms with Gasteiger partial charge in [0.25, 0.3) is 11.8 Å². The predicted octanol–water partition coefficient (Wildman–Crippen LogP) is 3.55. The third kappa shape index (κ3) is 6.18. The summed E-state index contributed by atoms with van der Waals surface area (Å²) in [5.41, 5.74) is 5.98. The number of hydrazine groups is 1. The highest BCUT2D eigenvalue weighted by Crippen LogP contribution is 2.39. The molecule has 3 rings (SSSR count). The summed E-state index contributed by atoms with van der Waals surface area (Å²) in [7, 11) is 0. The van der Waals surface area contributed by atoms with Gasteiger partial charge in [-0.15, -0.1) is 0 Å². The molecule has 2 aromatic rings. The van der Waals surface area contributed by atoms with Crippen LogP contribution in [0.3, 0.4) is 0 Å². The maximum atomic E-state index is 12.7. The molecule has 0 radical (unpaired) electrons. The van der Waals surface area contributed by atoms with E-state index >= 15 is 0 Å². The van der Waals surface area contributed by atoms with E-state index in [2.05, 4.69) is 16.2 Å². The highest BCUT2D eigenvalue weighted by Gasteiger charge is 2.39. The first-order valence-electron chi connectivity index (χ1n) is 11.5. The van der Waals surface area contributed by atoms with Crippen LogP contribution in [0.25, 0.3) is 0 Å². The van der Waals surface area contributed by atoms with Gasteiger partial charge in [-0.3, -0.25) is 25.2 Å². The number of nitrogens with one attached hydrogen (secondary N) is 3. The van der Waals surface area contributed by atoms with Crippen molar-refractivity contribution < 1.29 is 28.6 Å². The monoisotopic (exact) mass is 469 g/mol. The number of carbonyl (C=O) groups excluding carboxylic acids is 3. The van der Waals surface area contributed by atoms with E-state index in [1.165, 1.54) is 12.1 Å². The molecule has 1 saturated carbocycles. The molecule has 0 aromatic heterocycles. The highest BCUT2D eigenvalue weighted by atomic mass is 16.5. The zero-order valence-corrected chi connectivity index (χ0v) is 19.9. The van der Waals surface area contributed by atoms with Gasteiger partial charge in [0.2, 0.25) is 11.7 Å². The van der Waals surface area contributed by atoms with Crippen molar-refractivity contribution in [3.05, 3.63) is 47.5 Å². The molecule has 0 bridgehead atoms. The minimum atomic E-state index is -0.541. The van der Waals surface area contributed by atoms with E-state index < -0.39 is 11.8 Å². The van der Waals surface area contributed by atoms with E-state index in [1.807, 2.05) is 27.7 Å². The number of benzene rings is 2. The number of hydrogen-bond donors (Lipinski definition) is 3. The molecule has 1 aliphatic carbocycles. The molecule has 9 heteroatoms. The molecule has 182 valence electrons. The Balaban J connectivity index is 1.64. The van der Waals surface area contributed by atoms with Crippen molar-refractivity contribution in [3.63, 3.8) is 0 Å². The Morgan fingerprint density at radius 2 is 1.32 bits per heavy atom. The average Bonchev–Trinajstić information content (AvgIpc) is 3.56. The van der Waals surface area contributed by atoms with Crippen LogP contribution in [0.4, 0.5) is 5.69 Å². The van der Waals surface area contributed by atoms with Gasteiger partial charge in [0.15, 0.2) is 11.5 Å². The first-order valence-corrected chi connectivity index (χ1v) is 11.5. The minimum absolute atomic E-state index is 0.00911. The fraction of sp³-hybridized carbons (Fsp3) is 0.400. The van der Waals surface area contributed by atoms with Gasteiger partial charge in [0.05, 0.1) is 19.8 Å². The van der Waals surface area contributed by atoms with Crippen molar-refractivity contribution in [3.8, 4) is 17.2 Å². The van der Waals surface area contributed by atoms with Gasteiger partial charge in [-0.25, -0.2) is 0 Å². The standard InChI is InChI=1S/C25H31N3O6/c1-5-32-20-13-17(14-21(33-6-2)22(20)34-7-3)24(30)28-27-23(29)16-8-10-18(11-9-16)26-25(31)19-12-15(19)4/h8-11,13-15,19H,5-7,12H2,1-4H3,(H,26,31)(H,27,29)(H,28,30). The first-order chi connectivity index (χ1) is 16.4. The lowest BCUT2D eigenvalue weighted by molar-refractivity contribution is -0.117. The van der Waals surface area contributed by atoms with Crippen molar-refractivity contribution in [2.75, 3.05) is 25.1 Å². The molecular formula is C25H31N3O6. The lowest BCUT2D eigenvalue weighted by Gasteiger charge is -2.17. The fourth-order valence-corrected chi connectivity index (χ4v) is 3.40. The van der Waals surface area contributed by atoms with Gasteiger partial charge in [0.1, 0.15) is 0 Å². The second-order valence-corrected chi connectivity index (χ2v) is 7.90. The van der Waals surface area contributed by atoms with Gasteiger partial charge < -0.3 is 19.5 Å². The second kappa shape index (κ2) is 11.4. The Labute approximate surface area is 199 Å². The maximum absolute atomic E-state index is 12.7. The van der Waals surface area contributed by atoms with Crippen LogP contribution in [-0.4, -0.2) is 37.5 Å². The molecule has 34 heavy (non-hydrogen) atoms. The Hall–Kier alpha value is -3.75. The summed E-state index contributed by atoms with van der Waals surface area (Å²) in [6.45, 7) is 8.69. The Morgan fingerprint density at radius 1 is 0.824 bits per heavy atom. The number of amides is 3. The number of ether oxygens (including phenoxy) is 3. The zero-order valence-electron chi connectivity index (χ0n) is 19.9. The summed E-state index contributed by atoms with van der Waals surface area (Å²) in [6, 6.07) is 9.52. The number of anilines is 1. The Bertz CT molecular complexity index is 1010. The zero-order chi connectivity index (χ0) is 24.7. The van der Waals surface area contributed by atoms with E-state index in [9.17, 15) is 14.4 Å². The quantitative estimate of drug-likeness (QED) is 0.459. The van der Waals surface area contributed by atoms with E-state index in [1.54, 1.807) is 24.3 Å². The lowest BCUT2D eigenvalue weighted by atomic mass is 10.1. The van der Waals surface area contributed by atoms with Gasteiger partial charge in [-0.05, 0) is 69.5 Å². The van der Waals surface area contributed by atoms with E-state index in [-0.39, 0.29) is 17.4 Å². The van der Waals surface area contributed by atoms with Crippen LogP contribution in [0.1, 0.15) is 54.8 Å². The topological polar surface area (TPSA) is 115 Å². The predicted molar refractivity (Wildman–Crippen MR) is 127 cm³/mol. The van der Waals surface area contributed by atoms with Crippen molar-refractivity contribution in [2.24, 2.45) is 11.8 Å². The van der Waals surface area contributed by atoms with E-state index in [4.69, 9.17) is 14.2 Å². The van der Waals surface area contributed by atoms with Gasteiger partial charge in [-0.2, -0.15) is 0 Å². The van der Waals surface area contributed by atoms with Crippen LogP contribution in [0.2, 0.25) is 0 Å². The second-order valence-electron chi connectivity index (χ2n) is 7.90. The summed E-state index contributed by atoms with van der Waals surface area (Å²) >= 11 is 0. The molecular weight excluding hydrogens is 438 g/mol. The minimum Gasteiger partial charge on any atom is -0.490 e. The van der Waals surface area contributed by atoms with Crippen LogP contribution in [-0.2, 0) is 4.79 Å². The van der Waals surface area contributed by atoms with Crippen LogP contribution >= 0.6 is 0 Å². The van der Waals surface area contributed by atoms with Crippen LogP contribution in [0.15, 0.2) is 36.4 Å². The number of carbonyl (C=O) groups is 3. The van der Waals surface area contributed by atoms with Gasteiger partial charge in [-0.1, -0.05) is 6.92 Å². The summed E-state index contributed by atoms with van der Waals surface area (Å²) in [5, 5.41) is 2.84. The largest absolute Gasteiger partial charge is 0.490 e. The molecule has 0 spiro atoms. The Kier molecular flexibility index (Phi) is 8.34. The van der Waals surface area contributed by atoms with Crippen molar-refractivity contribution >= 4 is 23.4 Å². The molecule has 2 atom stereocenters. The normalized spacial score (nSPS) is 16.2. The van der Waals surface area contributed by atoms with E-state index in [0.29, 0.717) is 54.2 Å². The van der Waals surface area contributed by atoms with Crippen LogP contribution in [0.5, 0.6) is 17.2 Å². The third-order valence-electron chi connectivity index (χ3n) is 5.32. The summed E-state index contributed by atoms with van der Waals surface area (Å²) in [5.74, 6) is 0.615. The fourth-order valence-electron chi connectivity index (χ4n) is 3.40. The molecule has 0 aliphatic heterocycles. The summed E-state index contributed by atoms with van der Waals surface area (Å²) < 4.78 is 16.9. The van der Waals surface area contributed by atoms with Crippen molar-refractivity contribution in [1.29, 1.82) is 0 Å². The molecule has 0 heterocycles. The number of rotatable bonds is 10. The molecule has 1 fully saturated rings. The summed E-state index contributed by atoms with van der Waals surface area (Å²) in [4.78, 5) is 37.2. The van der Waals surface area contributed by atoms with Gasteiger partial charge >= 0.3 is 0 Å². The van der Waals surface area contributed by atoms with E-state index in [0.717, 1.165) is 6.42 Å². The first kappa shape index (κ1) is 24.9. The molecule has 3 N–H and O–H groups in total. The third-order valence-corrected chi connectivity index (χ3v) is 5.32. The molecule has 9 nitrogen and oxygen atoms in total. The molecule has 2 aromatic carbocycles. The molecule has 1 aliphatic rings. The maximum Gasteiger partial charge on any atom is 0.269 e. The molecule has 2 unspecified atom stereocenters. The lowest BCUT2D eigenvalue weighted by Crippen LogP contribution is -2.41. The summed E-state index contributed by atoms with van der Waals surface area (Å²) in [6.07, 6.45) is 0.901.